The number of halogens is 2. The smallest absolute Gasteiger partial charge is 0.232 e. The Morgan fingerprint density at radius 2 is 2.21 bits per heavy atom. The highest BCUT2D eigenvalue weighted by Crippen LogP contribution is 2.33. The van der Waals surface area contributed by atoms with Gasteiger partial charge in [-0.05, 0) is 18.6 Å². The molecule has 0 aliphatic carbocycles. The maximum atomic E-state index is 12.0. The molecular formula is C11H12Cl2N2O3S. The third-order valence-corrected chi connectivity index (χ3v) is 4.52. The van der Waals surface area contributed by atoms with Crippen LogP contribution in [-0.4, -0.2) is 31.6 Å². The lowest BCUT2D eigenvalue weighted by Gasteiger charge is -2.19. The van der Waals surface area contributed by atoms with Crippen molar-refractivity contribution in [2.45, 2.75) is 13.3 Å². The van der Waals surface area contributed by atoms with Crippen LogP contribution in [0.3, 0.4) is 0 Å². The molecule has 1 aliphatic heterocycles. The molecule has 0 spiro atoms. The topological polar surface area (TPSA) is 67.3 Å². The van der Waals surface area contributed by atoms with E-state index in [-0.39, 0.29) is 35.7 Å². The maximum absolute atomic E-state index is 12.0. The molecule has 1 fully saturated rings. The summed E-state index contributed by atoms with van der Waals surface area (Å²) in [5, 5.41) is 0.239. The average Bonchev–Trinajstić information content (AvgIpc) is 2.56. The van der Waals surface area contributed by atoms with E-state index >= 15 is 0 Å². The zero-order valence-corrected chi connectivity index (χ0v) is 12.5. The Morgan fingerprint density at radius 1 is 1.53 bits per heavy atom. The number of hydrogen-bond donors (Lipinski definition) is 0. The Balaban J connectivity index is 2.26. The van der Waals surface area contributed by atoms with Gasteiger partial charge in [0.05, 0.1) is 11.4 Å². The molecule has 0 bridgehead atoms. The lowest BCUT2D eigenvalue weighted by atomic mass is 10.1. The van der Waals surface area contributed by atoms with Gasteiger partial charge in [-0.25, -0.2) is 13.4 Å². The molecule has 0 saturated carbocycles. The first-order valence-electron chi connectivity index (χ1n) is 5.61. The van der Waals surface area contributed by atoms with E-state index in [1.807, 2.05) is 6.92 Å². The van der Waals surface area contributed by atoms with Crippen LogP contribution in [0.2, 0.25) is 5.15 Å². The van der Waals surface area contributed by atoms with Gasteiger partial charge in [0, 0.05) is 35.8 Å². The first-order chi connectivity index (χ1) is 8.78. The second kappa shape index (κ2) is 5.26. The first-order valence-corrected chi connectivity index (χ1v) is 8.47. The third kappa shape index (κ3) is 3.38. The van der Waals surface area contributed by atoms with Crippen LogP contribution >= 0.6 is 22.3 Å². The van der Waals surface area contributed by atoms with Crippen LogP contribution in [0.4, 0.5) is 5.69 Å². The van der Waals surface area contributed by atoms with Crippen molar-refractivity contribution in [2.75, 3.05) is 17.2 Å². The van der Waals surface area contributed by atoms with E-state index in [1.54, 1.807) is 12.3 Å². The summed E-state index contributed by atoms with van der Waals surface area (Å²) in [4.78, 5) is 17.4. The Bertz CT molecular complexity index is 598. The SMILES string of the molecule is Cc1ccnc(Cl)c1N1CC(CS(=O)(=O)Cl)CC1=O. The molecule has 1 atom stereocenters. The highest BCUT2D eigenvalue weighted by atomic mass is 35.7. The Hall–Kier alpha value is -0.850. The number of aromatic nitrogens is 1. The minimum Gasteiger partial charge on any atom is -0.309 e. The third-order valence-electron chi connectivity index (χ3n) is 2.99. The highest BCUT2D eigenvalue weighted by molar-refractivity contribution is 8.13. The fourth-order valence-corrected chi connectivity index (χ4v) is 3.86. The number of anilines is 1. The molecule has 1 aliphatic rings. The van der Waals surface area contributed by atoms with Crippen molar-refractivity contribution in [2.24, 2.45) is 5.92 Å². The second-order valence-corrected chi connectivity index (χ2v) is 7.73. The summed E-state index contributed by atoms with van der Waals surface area (Å²) in [5.41, 5.74) is 1.37. The summed E-state index contributed by atoms with van der Waals surface area (Å²) in [5.74, 6) is -0.692. The standard InChI is InChI=1S/C11H12Cl2N2O3S/c1-7-2-3-14-11(12)10(7)15-5-8(4-9(15)16)6-19(13,17)18/h2-3,8H,4-6H2,1H3. The molecule has 2 heterocycles. The minimum atomic E-state index is -3.61. The molecule has 1 aromatic rings. The molecule has 2 rings (SSSR count). The average molecular weight is 323 g/mol. The van der Waals surface area contributed by atoms with E-state index in [0.717, 1.165) is 5.56 Å². The number of pyridine rings is 1. The van der Waals surface area contributed by atoms with Crippen molar-refractivity contribution < 1.29 is 13.2 Å². The molecule has 19 heavy (non-hydrogen) atoms. The number of carbonyl (C=O) groups is 1. The summed E-state index contributed by atoms with van der Waals surface area (Å²) in [6.45, 7) is 2.11. The van der Waals surface area contributed by atoms with Gasteiger partial charge in [0.1, 0.15) is 0 Å². The molecule has 1 amide bonds. The predicted molar refractivity (Wildman–Crippen MR) is 74.1 cm³/mol. The van der Waals surface area contributed by atoms with Crippen LogP contribution in [0.15, 0.2) is 12.3 Å². The van der Waals surface area contributed by atoms with Gasteiger partial charge < -0.3 is 4.90 Å². The van der Waals surface area contributed by atoms with Gasteiger partial charge in [-0.1, -0.05) is 11.6 Å². The summed E-state index contributed by atoms with van der Waals surface area (Å²) < 4.78 is 22.1. The van der Waals surface area contributed by atoms with E-state index in [4.69, 9.17) is 22.3 Å². The highest BCUT2D eigenvalue weighted by Gasteiger charge is 2.34. The van der Waals surface area contributed by atoms with E-state index in [2.05, 4.69) is 4.98 Å². The largest absolute Gasteiger partial charge is 0.309 e. The van der Waals surface area contributed by atoms with Gasteiger partial charge in [0.15, 0.2) is 5.15 Å². The molecule has 1 saturated heterocycles. The lowest BCUT2D eigenvalue weighted by molar-refractivity contribution is -0.117. The van der Waals surface area contributed by atoms with Crippen molar-refractivity contribution >= 4 is 42.9 Å². The van der Waals surface area contributed by atoms with Gasteiger partial charge in [-0.3, -0.25) is 4.79 Å². The van der Waals surface area contributed by atoms with Crippen LogP contribution in [0.25, 0.3) is 0 Å². The molecule has 1 aromatic heterocycles. The monoisotopic (exact) mass is 322 g/mol. The first kappa shape index (κ1) is 14.6. The van der Waals surface area contributed by atoms with E-state index in [0.29, 0.717) is 5.69 Å². The second-order valence-electron chi connectivity index (χ2n) is 4.55. The zero-order chi connectivity index (χ0) is 14.2. The quantitative estimate of drug-likeness (QED) is 0.630. The molecule has 0 radical (unpaired) electrons. The molecule has 0 N–H and O–H groups in total. The molecular weight excluding hydrogens is 311 g/mol. The molecule has 8 heteroatoms. The van der Waals surface area contributed by atoms with Gasteiger partial charge in [-0.2, -0.15) is 0 Å². The van der Waals surface area contributed by atoms with E-state index < -0.39 is 9.05 Å². The Kier molecular flexibility index (Phi) is 4.03. The van der Waals surface area contributed by atoms with Crippen LogP contribution in [0.1, 0.15) is 12.0 Å². The Labute approximate surface area is 120 Å². The van der Waals surface area contributed by atoms with E-state index in [1.165, 1.54) is 4.90 Å². The van der Waals surface area contributed by atoms with Crippen molar-refractivity contribution in [3.63, 3.8) is 0 Å². The molecule has 0 aromatic carbocycles. The van der Waals surface area contributed by atoms with Crippen molar-refractivity contribution in [3.05, 3.63) is 23.0 Å². The predicted octanol–water partition coefficient (Wildman–Crippen LogP) is 1.96. The van der Waals surface area contributed by atoms with Gasteiger partial charge in [-0.15, -0.1) is 0 Å². The normalized spacial score (nSPS) is 20.1. The number of hydrogen-bond acceptors (Lipinski definition) is 4. The van der Waals surface area contributed by atoms with E-state index in [9.17, 15) is 13.2 Å². The molecule has 5 nitrogen and oxygen atoms in total. The van der Waals surface area contributed by atoms with Gasteiger partial charge in [0.25, 0.3) is 0 Å². The summed E-state index contributed by atoms with van der Waals surface area (Å²) in [7, 11) is 1.61. The molecule has 104 valence electrons. The summed E-state index contributed by atoms with van der Waals surface area (Å²) in [6.07, 6.45) is 1.71. The van der Waals surface area contributed by atoms with Crippen molar-refractivity contribution in [3.8, 4) is 0 Å². The number of nitrogens with zero attached hydrogens (tertiary/aromatic N) is 2. The number of rotatable bonds is 3. The van der Waals surface area contributed by atoms with Crippen LogP contribution in [0, 0.1) is 12.8 Å². The molecule has 1 unspecified atom stereocenters. The summed E-state index contributed by atoms with van der Waals surface area (Å²) >= 11 is 6.01. The fourth-order valence-electron chi connectivity index (χ4n) is 2.23. The number of amides is 1. The Morgan fingerprint density at radius 3 is 2.79 bits per heavy atom. The maximum Gasteiger partial charge on any atom is 0.232 e. The van der Waals surface area contributed by atoms with Crippen LogP contribution in [0.5, 0.6) is 0 Å². The van der Waals surface area contributed by atoms with Crippen LogP contribution < -0.4 is 4.90 Å². The number of aryl methyl sites for hydroxylation is 1. The number of carbonyl (C=O) groups excluding carboxylic acids is 1. The minimum absolute atomic E-state index is 0.149. The van der Waals surface area contributed by atoms with Crippen LogP contribution in [-0.2, 0) is 13.8 Å². The van der Waals surface area contributed by atoms with Crippen molar-refractivity contribution in [1.29, 1.82) is 0 Å². The lowest BCUT2D eigenvalue weighted by Crippen LogP contribution is -2.26. The van der Waals surface area contributed by atoms with Crippen molar-refractivity contribution in [1.82, 2.24) is 4.98 Å². The zero-order valence-electron chi connectivity index (χ0n) is 10.1. The summed E-state index contributed by atoms with van der Waals surface area (Å²) in [6, 6.07) is 1.75. The van der Waals surface area contributed by atoms with Gasteiger partial charge >= 0.3 is 0 Å². The fraction of sp³-hybridized carbons (Fsp3) is 0.455. The van der Waals surface area contributed by atoms with Gasteiger partial charge in [0.2, 0.25) is 15.0 Å².